The number of methoxy groups -OCH3 is 1. The fourth-order valence-corrected chi connectivity index (χ4v) is 1.28. The third-order valence-electron chi connectivity index (χ3n) is 2.13. The molecule has 0 radical (unpaired) electrons. The molecule has 0 aliphatic carbocycles. The number of amides is 1. The molecule has 0 aromatic rings. The molecule has 16 heavy (non-hydrogen) atoms. The first-order valence-corrected chi connectivity index (χ1v) is 4.77. The van der Waals surface area contributed by atoms with Gasteiger partial charge < -0.3 is 30.8 Å². The average Bonchev–Trinajstić information content (AvgIpc) is 2.26. The zero-order chi connectivity index (χ0) is 12.7. The zero-order valence-corrected chi connectivity index (χ0v) is 9.29. The third kappa shape index (κ3) is 4.23. The Morgan fingerprint density at radius 1 is 1.62 bits per heavy atom. The van der Waals surface area contributed by atoms with E-state index >= 15 is 0 Å². The molecule has 7 heteroatoms. The molecule has 0 heterocycles. The van der Waals surface area contributed by atoms with Crippen molar-refractivity contribution in [2.45, 2.75) is 31.2 Å². The summed E-state index contributed by atoms with van der Waals surface area (Å²) < 4.78 is 4.90. The molecule has 0 rings (SSSR count). The van der Waals surface area contributed by atoms with E-state index in [2.05, 4.69) is 5.32 Å². The lowest BCUT2D eigenvalue weighted by atomic mass is 10.0. The van der Waals surface area contributed by atoms with Crippen LogP contribution in [0, 0.1) is 0 Å². The quantitative estimate of drug-likeness (QED) is 0.358. The van der Waals surface area contributed by atoms with Gasteiger partial charge in [0.1, 0.15) is 18.4 Å². The van der Waals surface area contributed by atoms with E-state index in [4.69, 9.17) is 15.6 Å². The number of rotatable bonds is 7. The van der Waals surface area contributed by atoms with Gasteiger partial charge in [-0.2, -0.15) is 0 Å². The number of aliphatic hydroxyl groups is 2. The highest BCUT2D eigenvalue weighted by molar-refractivity contribution is 5.77. The van der Waals surface area contributed by atoms with E-state index < -0.39 is 36.8 Å². The molecule has 0 bridgehead atoms. The van der Waals surface area contributed by atoms with Gasteiger partial charge in [0.25, 0.3) is 0 Å². The summed E-state index contributed by atoms with van der Waals surface area (Å²) in [6.07, 6.45) is -1.80. The third-order valence-corrected chi connectivity index (χ3v) is 2.13. The van der Waals surface area contributed by atoms with E-state index in [1.165, 1.54) is 14.0 Å². The lowest BCUT2D eigenvalue weighted by Crippen LogP contribution is -2.56. The van der Waals surface area contributed by atoms with Crippen molar-refractivity contribution in [2.75, 3.05) is 13.7 Å². The summed E-state index contributed by atoms with van der Waals surface area (Å²) >= 11 is 0. The highest BCUT2D eigenvalue weighted by Gasteiger charge is 2.32. The fourth-order valence-electron chi connectivity index (χ4n) is 1.28. The summed E-state index contributed by atoms with van der Waals surface area (Å²) in [6.45, 7) is 0.786. The minimum Gasteiger partial charge on any atom is -0.395 e. The first kappa shape index (κ1) is 15.0. The van der Waals surface area contributed by atoms with Crippen molar-refractivity contribution < 1.29 is 24.5 Å². The summed E-state index contributed by atoms with van der Waals surface area (Å²) in [5, 5.41) is 20.8. The SMILES string of the molecule is CO[C@@H]([C@H](O)[C@@H](N)CO)[C@@H](C=O)NC(C)=O. The Hall–Kier alpha value is -1.02. The second kappa shape index (κ2) is 7.29. The van der Waals surface area contributed by atoms with Gasteiger partial charge in [0.05, 0.1) is 18.8 Å². The summed E-state index contributed by atoms with van der Waals surface area (Å²) in [4.78, 5) is 21.6. The van der Waals surface area contributed by atoms with Gasteiger partial charge in [-0.3, -0.25) is 4.79 Å². The Kier molecular flexibility index (Phi) is 6.82. The number of aliphatic hydroxyl groups excluding tert-OH is 2. The summed E-state index contributed by atoms with van der Waals surface area (Å²) in [5.41, 5.74) is 5.41. The van der Waals surface area contributed by atoms with Gasteiger partial charge in [-0.25, -0.2) is 0 Å². The standard InChI is InChI=1S/C9H18N2O5/c1-5(14)11-7(4-13)9(16-2)8(15)6(10)3-12/h4,6-9,12,15H,3,10H2,1-2H3,(H,11,14)/t6-,7+,8+,9+/m0/s1. The van der Waals surface area contributed by atoms with Gasteiger partial charge in [0, 0.05) is 14.0 Å². The zero-order valence-electron chi connectivity index (χ0n) is 9.29. The fraction of sp³-hybridized carbons (Fsp3) is 0.778. The van der Waals surface area contributed by atoms with Gasteiger partial charge in [-0.1, -0.05) is 0 Å². The molecular formula is C9H18N2O5. The van der Waals surface area contributed by atoms with Crippen molar-refractivity contribution in [3.05, 3.63) is 0 Å². The van der Waals surface area contributed by atoms with Crippen molar-refractivity contribution in [3.63, 3.8) is 0 Å². The van der Waals surface area contributed by atoms with Crippen LogP contribution in [0.1, 0.15) is 6.92 Å². The van der Waals surface area contributed by atoms with Gasteiger partial charge >= 0.3 is 0 Å². The molecule has 0 saturated carbocycles. The molecule has 0 fully saturated rings. The largest absolute Gasteiger partial charge is 0.395 e. The second-order valence-electron chi connectivity index (χ2n) is 3.40. The number of nitrogens with one attached hydrogen (secondary N) is 1. The van der Waals surface area contributed by atoms with E-state index in [1.54, 1.807) is 0 Å². The monoisotopic (exact) mass is 234 g/mol. The summed E-state index contributed by atoms with van der Waals surface area (Å²) in [6, 6.07) is -1.95. The maximum absolute atomic E-state index is 10.8. The lowest BCUT2D eigenvalue weighted by molar-refractivity contribution is -0.127. The van der Waals surface area contributed by atoms with E-state index in [9.17, 15) is 14.7 Å². The van der Waals surface area contributed by atoms with Gasteiger partial charge in [0.2, 0.25) is 5.91 Å². The normalized spacial score (nSPS) is 18.3. The number of hydrogen-bond donors (Lipinski definition) is 4. The van der Waals surface area contributed by atoms with Crippen LogP contribution in [-0.2, 0) is 14.3 Å². The van der Waals surface area contributed by atoms with Crippen LogP contribution in [0.5, 0.6) is 0 Å². The van der Waals surface area contributed by atoms with Crippen LogP contribution in [0.15, 0.2) is 0 Å². The van der Waals surface area contributed by atoms with Crippen LogP contribution in [0.2, 0.25) is 0 Å². The summed E-state index contributed by atoms with van der Waals surface area (Å²) in [5.74, 6) is -0.427. The molecule has 0 spiro atoms. The molecule has 94 valence electrons. The van der Waals surface area contributed by atoms with E-state index in [1.807, 2.05) is 0 Å². The predicted octanol–water partition coefficient (Wildman–Crippen LogP) is -2.61. The van der Waals surface area contributed by atoms with Crippen molar-refractivity contribution in [1.82, 2.24) is 5.32 Å². The number of carbonyl (C=O) groups is 2. The van der Waals surface area contributed by atoms with Crippen molar-refractivity contribution in [3.8, 4) is 0 Å². The first-order valence-electron chi connectivity index (χ1n) is 4.77. The van der Waals surface area contributed by atoms with E-state index in [-0.39, 0.29) is 0 Å². The smallest absolute Gasteiger partial charge is 0.217 e. The van der Waals surface area contributed by atoms with Crippen LogP contribution in [-0.4, -0.2) is 60.4 Å². The molecule has 0 aliphatic heterocycles. The van der Waals surface area contributed by atoms with Gasteiger partial charge in [-0.15, -0.1) is 0 Å². The number of hydrogen-bond acceptors (Lipinski definition) is 6. The highest BCUT2D eigenvalue weighted by Crippen LogP contribution is 2.06. The van der Waals surface area contributed by atoms with E-state index in [0.717, 1.165) is 0 Å². The highest BCUT2D eigenvalue weighted by atomic mass is 16.5. The van der Waals surface area contributed by atoms with Crippen LogP contribution in [0.3, 0.4) is 0 Å². The molecule has 0 unspecified atom stereocenters. The molecule has 0 saturated heterocycles. The minimum absolute atomic E-state index is 0.427. The number of nitrogens with two attached hydrogens (primary N) is 1. The first-order chi connectivity index (χ1) is 7.47. The molecule has 0 aromatic heterocycles. The maximum Gasteiger partial charge on any atom is 0.217 e. The number of aldehydes is 1. The second-order valence-corrected chi connectivity index (χ2v) is 3.40. The maximum atomic E-state index is 10.8. The Labute approximate surface area is 93.6 Å². The average molecular weight is 234 g/mol. The molecule has 0 aliphatic rings. The lowest BCUT2D eigenvalue weighted by Gasteiger charge is -2.29. The summed E-state index contributed by atoms with van der Waals surface area (Å²) in [7, 11) is 1.27. The van der Waals surface area contributed by atoms with Gasteiger partial charge in [0.15, 0.2) is 0 Å². The Balaban J connectivity index is 4.65. The molecule has 5 N–H and O–H groups in total. The minimum atomic E-state index is -1.25. The van der Waals surface area contributed by atoms with E-state index in [0.29, 0.717) is 6.29 Å². The molecule has 0 aromatic carbocycles. The van der Waals surface area contributed by atoms with Gasteiger partial charge in [-0.05, 0) is 0 Å². The van der Waals surface area contributed by atoms with Crippen molar-refractivity contribution in [2.24, 2.45) is 5.73 Å². The number of carbonyl (C=O) groups excluding carboxylic acids is 2. The molecule has 1 amide bonds. The number of ether oxygens (including phenoxy) is 1. The van der Waals surface area contributed by atoms with Crippen LogP contribution >= 0.6 is 0 Å². The predicted molar refractivity (Wildman–Crippen MR) is 55.5 cm³/mol. The molecule has 7 nitrogen and oxygen atoms in total. The van der Waals surface area contributed by atoms with Crippen LogP contribution < -0.4 is 11.1 Å². The van der Waals surface area contributed by atoms with Crippen molar-refractivity contribution in [1.29, 1.82) is 0 Å². The topological polar surface area (TPSA) is 122 Å². The van der Waals surface area contributed by atoms with Crippen LogP contribution in [0.4, 0.5) is 0 Å². The van der Waals surface area contributed by atoms with Crippen LogP contribution in [0.25, 0.3) is 0 Å². The molecule has 4 atom stereocenters. The Bertz CT molecular complexity index is 236. The molecular weight excluding hydrogens is 216 g/mol. The Morgan fingerprint density at radius 3 is 2.50 bits per heavy atom. The Morgan fingerprint density at radius 2 is 2.19 bits per heavy atom. The van der Waals surface area contributed by atoms with Crippen molar-refractivity contribution >= 4 is 12.2 Å².